The summed E-state index contributed by atoms with van der Waals surface area (Å²) < 4.78 is 7.22. The lowest BCUT2D eigenvalue weighted by atomic mass is 9.94. The number of nitrogens with zero attached hydrogens (tertiary/aromatic N) is 5. The Morgan fingerprint density at radius 3 is 2.70 bits per heavy atom. The van der Waals surface area contributed by atoms with Gasteiger partial charge in [-0.2, -0.15) is 5.10 Å². The van der Waals surface area contributed by atoms with Gasteiger partial charge in [-0.3, -0.25) is 14.4 Å². The number of piperidine rings is 1. The zero-order chi connectivity index (χ0) is 19.1. The highest BCUT2D eigenvalue weighted by Gasteiger charge is 2.38. The van der Waals surface area contributed by atoms with Crippen LogP contribution in [0.15, 0.2) is 10.6 Å². The van der Waals surface area contributed by atoms with Gasteiger partial charge in [0.15, 0.2) is 5.69 Å². The highest BCUT2D eigenvalue weighted by atomic mass is 16.5. The molecule has 5 rings (SSSR count). The highest BCUT2D eigenvalue weighted by molar-refractivity contribution is 5.92. The summed E-state index contributed by atoms with van der Waals surface area (Å²) in [6.45, 7) is 12.4. The molecule has 0 radical (unpaired) electrons. The molecule has 3 fully saturated rings. The second kappa shape index (κ2) is 7.11. The van der Waals surface area contributed by atoms with Crippen LogP contribution in [0.1, 0.15) is 53.0 Å². The van der Waals surface area contributed by atoms with E-state index in [2.05, 4.69) is 27.0 Å². The number of hydrogen-bond donors (Lipinski definition) is 0. The molecule has 7 nitrogen and oxygen atoms in total. The molecule has 2 aromatic rings. The van der Waals surface area contributed by atoms with Crippen LogP contribution >= 0.6 is 0 Å². The van der Waals surface area contributed by atoms with Crippen molar-refractivity contribution in [2.75, 3.05) is 19.6 Å². The van der Waals surface area contributed by atoms with Crippen LogP contribution in [0.25, 0.3) is 0 Å². The number of aryl methyl sites for hydroxylation is 4. The molecule has 3 saturated heterocycles. The fourth-order valence-corrected chi connectivity index (χ4v) is 4.59. The number of carbonyl (C=O) groups is 1. The molecule has 7 heteroatoms. The summed E-state index contributed by atoms with van der Waals surface area (Å²) in [6.07, 6.45) is 2.26. The lowest BCUT2D eigenvalue weighted by Crippen LogP contribution is -2.47. The van der Waals surface area contributed by atoms with Crippen molar-refractivity contribution >= 4 is 5.91 Å². The highest BCUT2D eigenvalue weighted by Crippen LogP contribution is 2.30. The van der Waals surface area contributed by atoms with Crippen molar-refractivity contribution < 1.29 is 9.32 Å². The van der Waals surface area contributed by atoms with Gasteiger partial charge in [-0.1, -0.05) is 5.16 Å². The fraction of sp³-hybridized carbons (Fsp3) is 0.650. The molecule has 0 spiro atoms. The van der Waals surface area contributed by atoms with Crippen molar-refractivity contribution in [1.29, 1.82) is 0 Å². The van der Waals surface area contributed by atoms with Crippen LogP contribution in [-0.4, -0.2) is 56.3 Å². The van der Waals surface area contributed by atoms with Crippen LogP contribution < -0.4 is 0 Å². The van der Waals surface area contributed by atoms with Crippen molar-refractivity contribution in [2.45, 2.75) is 59.7 Å². The van der Waals surface area contributed by atoms with E-state index in [-0.39, 0.29) is 11.9 Å². The number of hydrogen-bond acceptors (Lipinski definition) is 5. The van der Waals surface area contributed by atoms with Crippen molar-refractivity contribution in [1.82, 2.24) is 24.7 Å². The van der Waals surface area contributed by atoms with Crippen LogP contribution in [-0.2, 0) is 13.1 Å². The van der Waals surface area contributed by atoms with Gasteiger partial charge in [0.2, 0.25) is 0 Å². The van der Waals surface area contributed by atoms with Gasteiger partial charge in [-0.25, -0.2) is 0 Å². The molecule has 0 saturated carbocycles. The standard InChI is InChI=1S/C20H29N5O2/c1-5-25-13(2)8-19(21-25)20(26)24-10-16-6-7-17(24)11-23(9-16)12-18-14(3)22-27-15(18)4/h8,16-17H,5-7,9-12H2,1-4H3/t16-,17+/m0/s1. The number of rotatable bonds is 4. The van der Waals surface area contributed by atoms with Crippen molar-refractivity contribution in [3.8, 4) is 0 Å². The average Bonchev–Trinajstić information content (AvgIpc) is 3.03. The van der Waals surface area contributed by atoms with Gasteiger partial charge in [0, 0.05) is 50.0 Å². The normalized spacial score (nSPS) is 23.0. The molecular formula is C20H29N5O2. The minimum Gasteiger partial charge on any atom is -0.361 e. The molecule has 1 amide bonds. The topological polar surface area (TPSA) is 67.4 Å². The molecule has 2 aromatic heterocycles. The number of carbonyl (C=O) groups excluding carboxylic acids is 1. The van der Waals surface area contributed by atoms with Gasteiger partial charge < -0.3 is 9.42 Å². The Kier molecular flexibility index (Phi) is 4.80. The van der Waals surface area contributed by atoms with E-state index in [1.54, 1.807) is 0 Å². The van der Waals surface area contributed by atoms with Crippen LogP contribution in [0.4, 0.5) is 0 Å². The third-order valence-electron chi connectivity index (χ3n) is 6.11. The van der Waals surface area contributed by atoms with Crippen LogP contribution in [0, 0.1) is 26.7 Å². The summed E-state index contributed by atoms with van der Waals surface area (Å²) in [4.78, 5) is 17.7. The maximum absolute atomic E-state index is 13.2. The molecule has 2 atom stereocenters. The van der Waals surface area contributed by atoms with E-state index in [1.165, 1.54) is 12.0 Å². The van der Waals surface area contributed by atoms with E-state index in [0.717, 1.165) is 56.3 Å². The van der Waals surface area contributed by atoms with Gasteiger partial charge in [-0.05, 0) is 52.5 Å². The Morgan fingerprint density at radius 2 is 2.04 bits per heavy atom. The quantitative estimate of drug-likeness (QED) is 0.826. The molecule has 0 unspecified atom stereocenters. The van der Waals surface area contributed by atoms with Crippen LogP contribution in [0.5, 0.6) is 0 Å². The summed E-state index contributed by atoms with van der Waals surface area (Å²) in [5.74, 6) is 1.50. The molecule has 27 heavy (non-hydrogen) atoms. The molecule has 2 bridgehead atoms. The van der Waals surface area contributed by atoms with E-state index in [9.17, 15) is 4.79 Å². The smallest absolute Gasteiger partial charge is 0.274 e. The minimum absolute atomic E-state index is 0.0826. The summed E-state index contributed by atoms with van der Waals surface area (Å²) in [5.41, 5.74) is 3.78. The zero-order valence-corrected chi connectivity index (χ0v) is 16.7. The maximum Gasteiger partial charge on any atom is 0.274 e. The van der Waals surface area contributed by atoms with Gasteiger partial charge in [0.1, 0.15) is 5.76 Å². The summed E-state index contributed by atoms with van der Waals surface area (Å²) in [7, 11) is 0. The third kappa shape index (κ3) is 3.40. The molecule has 146 valence electrons. The molecular weight excluding hydrogens is 342 g/mol. The third-order valence-corrected chi connectivity index (χ3v) is 6.11. The van der Waals surface area contributed by atoms with E-state index in [1.807, 2.05) is 31.5 Å². The molecule has 3 aliphatic rings. The Bertz CT molecular complexity index is 820. The zero-order valence-electron chi connectivity index (χ0n) is 16.7. The predicted octanol–water partition coefficient (Wildman–Crippen LogP) is 2.55. The Balaban J connectivity index is 1.51. The SMILES string of the molecule is CCn1nc(C(=O)N2C[C@H]3CC[C@@H]2CN(Cc2c(C)noc2C)C3)cc1C. The van der Waals surface area contributed by atoms with Crippen LogP contribution in [0.2, 0.25) is 0 Å². The van der Waals surface area contributed by atoms with E-state index < -0.39 is 0 Å². The van der Waals surface area contributed by atoms with Gasteiger partial charge in [0.05, 0.1) is 5.69 Å². The first-order valence-electron chi connectivity index (χ1n) is 9.95. The number of aromatic nitrogens is 3. The van der Waals surface area contributed by atoms with Gasteiger partial charge in [0.25, 0.3) is 5.91 Å². The Morgan fingerprint density at radius 1 is 1.22 bits per heavy atom. The van der Waals surface area contributed by atoms with Crippen molar-refractivity contribution in [2.24, 2.45) is 5.92 Å². The van der Waals surface area contributed by atoms with Gasteiger partial charge in [-0.15, -0.1) is 0 Å². The monoisotopic (exact) mass is 371 g/mol. The Labute approximate surface area is 160 Å². The molecule has 3 aliphatic heterocycles. The van der Waals surface area contributed by atoms with E-state index in [0.29, 0.717) is 11.6 Å². The molecule has 0 aliphatic carbocycles. The predicted molar refractivity (Wildman–Crippen MR) is 101 cm³/mol. The molecule has 0 aromatic carbocycles. The van der Waals surface area contributed by atoms with E-state index >= 15 is 0 Å². The summed E-state index contributed by atoms with van der Waals surface area (Å²) in [5, 5.41) is 8.60. The number of amides is 1. The summed E-state index contributed by atoms with van der Waals surface area (Å²) in [6, 6.07) is 2.18. The van der Waals surface area contributed by atoms with Crippen molar-refractivity contribution in [3.05, 3.63) is 34.5 Å². The minimum atomic E-state index is 0.0826. The second-order valence-electron chi connectivity index (χ2n) is 8.04. The van der Waals surface area contributed by atoms with Crippen LogP contribution in [0.3, 0.4) is 0 Å². The lowest BCUT2D eigenvalue weighted by Gasteiger charge is -2.35. The number of fused-ring (bicyclic) bond motifs is 4. The largest absolute Gasteiger partial charge is 0.361 e. The average molecular weight is 371 g/mol. The first-order valence-corrected chi connectivity index (χ1v) is 9.95. The summed E-state index contributed by atoms with van der Waals surface area (Å²) >= 11 is 0. The van der Waals surface area contributed by atoms with E-state index in [4.69, 9.17) is 4.52 Å². The fourth-order valence-electron chi connectivity index (χ4n) is 4.59. The van der Waals surface area contributed by atoms with Crippen molar-refractivity contribution in [3.63, 3.8) is 0 Å². The lowest BCUT2D eigenvalue weighted by molar-refractivity contribution is 0.0578. The first kappa shape index (κ1) is 18.2. The Hall–Kier alpha value is -2.15. The second-order valence-corrected chi connectivity index (χ2v) is 8.04. The van der Waals surface area contributed by atoms with Gasteiger partial charge >= 0.3 is 0 Å². The molecule has 0 N–H and O–H groups in total. The maximum atomic E-state index is 13.2. The molecule has 5 heterocycles. The first-order chi connectivity index (χ1) is 13.0.